The Hall–Kier alpha value is -1.75. The summed E-state index contributed by atoms with van der Waals surface area (Å²) < 4.78 is 10.5. The van der Waals surface area contributed by atoms with Gasteiger partial charge in [-0.2, -0.15) is 0 Å². The second kappa shape index (κ2) is 7.68. The number of amides is 1. The van der Waals surface area contributed by atoms with Gasteiger partial charge in [0.15, 0.2) is 0 Å². The molecule has 128 valence electrons. The van der Waals surface area contributed by atoms with Crippen LogP contribution in [-0.2, 0) is 0 Å². The first kappa shape index (κ1) is 17.6. The van der Waals surface area contributed by atoms with E-state index in [0.29, 0.717) is 23.0 Å². The minimum absolute atomic E-state index is 0. The number of rotatable bonds is 3. The van der Waals surface area contributed by atoms with E-state index in [1.807, 2.05) is 4.90 Å². The summed E-state index contributed by atoms with van der Waals surface area (Å²) in [7, 11) is 3.21. The number of benzene rings is 1. The van der Waals surface area contributed by atoms with Gasteiger partial charge in [-0.1, -0.05) is 7.43 Å². The zero-order chi connectivity index (χ0) is 15.5. The van der Waals surface area contributed by atoms with Crippen LogP contribution in [0.25, 0.3) is 0 Å². The SMILES string of the molecule is C.COc1cc(OC)cc(C(=O)N2CCN3CCCC(C3)C2)c1. The van der Waals surface area contributed by atoms with E-state index in [1.54, 1.807) is 32.4 Å². The zero-order valence-corrected chi connectivity index (χ0v) is 13.4. The number of hydrogen-bond donors (Lipinski definition) is 0. The minimum Gasteiger partial charge on any atom is -0.497 e. The highest BCUT2D eigenvalue weighted by Gasteiger charge is 2.29. The molecule has 2 aliphatic heterocycles. The molecule has 1 aromatic rings. The fourth-order valence-electron chi connectivity index (χ4n) is 3.47. The molecule has 5 nitrogen and oxygen atoms in total. The average molecular weight is 320 g/mol. The third-order valence-electron chi connectivity index (χ3n) is 4.65. The van der Waals surface area contributed by atoms with Gasteiger partial charge in [0.25, 0.3) is 5.91 Å². The lowest BCUT2D eigenvalue weighted by atomic mass is 9.98. The first-order valence-electron chi connectivity index (χ1n) is 7.94. The van der Waals surface area contributed by atoms with Crippen molar-refractivity contribution in [2.24, 2.45) is 5.92 Å². The fraction of sp³-hybridized carbons (Fsp3) is 0.611. The molecule has 0 saturated carbocycles. The van der Waals surface area contributed by atoms with Crippen LogP contribution >= 0.6 is 0 Å². The van der Waals surface area contributed by atoms with E-state index in [1.165, 1.54) is 19.4 Å². The molecule has 1 aromatic carbocycles. The Kier molecular flexibility index (Phi) is 5.88. The molecule has 2 atom stereocenters. The average Bonchev–Trinajstić information content (AvgIpc) is 2.71. The fourth-order valence-corrected chi connectivity index (χ4v) is 3.47. The molecule has 0 aromatic heterocycles. The maximum Gasteiger partial charge on any atom is 0.254 e. The smallest absolute Gasteiger partial charge is 0.254 e. The maximum atomic E-state index is 12.9. The normalized spacial score (nSPS) is 23.5. The first-order chi connectivity index (χ1) is 10.7. The third kappa shape index (κ3) is 3.96. The Balaban J connectivity index is 0.00000192. The van der Waals surface area contributed by atoms with Gasteiger partial charge < -0.3 is 19.3 Å². The predicted octanol–water partition coefficient (Wildman–Crippen LogP) is 2.51. The summed E-state index contributed by atoms with van der Waals surface area (Å²) in [5, 5.41) is 0. The van der Waals surface area contributed by atoms with Crippen molar-refractivity contribution in [3.63, 3.8) is 0 Å². The number of hydrogen-bond acceptors (Lipinski definition) is 4. The van der Waals surface area contributed by atoms with Gasteiger partial charge in [0.2, 0.25) is 0 Å². The Labute approximate surface area is 139 Å². The summed E-state index contributed by atoms with van der Waals surface area (Å²) in [5.74, 6) is 1.98. The largest absolute Gasteiger partial charge is 0.497 e. The molecule has 2 saturated heterocycles. The highest BCUT2D eigenvalue weighted by molar-refractivity contribution is 5.95. The molecule has 1 amide bonds. The lowest BCUT2D eigenvalue weighted by molar-refractivity contribution is 0.0745. The number of methoxy groups -OCH3 is 2. The summed E-state index contributed by atoms with van der Waals surface area (Å²) >= 11 is 0. The van der Waals surface area contributed by atoms with E-state index in [0.717, 1.165) is 26.2 Å². The van der Waals surface area contributed by atoms with Crippen molar-refractivity contribution in [2.75, 3.05) is 46.9 Å². The van der Waals surface area contributed by atoms with E-state index in [4.69, 9.17) is 9.47 Å². The maximum absolute atomic E-state index is 12.9. The second-order valence-corrected chi connectivity index (χ2v) is 6.16. The quantitative estimate of drug-likeness (QED) is 0.858. The summed E-state index contributed by atoms with van der Waals surface area (Å²) in [6, 6.07) is 5.38. The topological polar surface area (TPSA) is 42.0 Å². The third-order valence-corrected chi connectivity index (χ3v) is 4.65. The number of carbonyl (C=O) groups excluding carboxylic acids is 1. The Bertz CT molecular complexity index is 525. The van der Waals surface area contributed by atoms with E-state index in [9.17, 15) is 4.79 Å². The van der Waals surface area contributed by atoms with Crippen LogP contribution in [0.15, 0.2) is 18.2 Å². The molecule has 2 heterocycles. The Morgan fingerprint density at radius 3 is 2.39 bits per heavy atom. The van der Waals surface area contributed by atoms with Crippen molar-refractivity contribution in [2.45, 2.75) is 20.3 Å². The van der Waals surface area contributed by atoms with Gasteiger partial charge >= 0.3 is 0 Å². The molecular weight excluding hydrogens is 292 g/mol. The molecule has 0 spiro atoms. The van der Waals surface area contributed by atoms with Crippen LogP contribution in [0.1, 0.15) is 30.6 Å². The van der Waals surface area contributed by atoms with Gasteiger partial charge in [0.05, 0.1) is 14.2 Å². The van der Waals surface area contributed by atoms with E-state index < -0.39 is 0 Å². The van der Waals surface area contributed by atoms with Gasteiger partial charge in [-0.3, -0.25) is 4.79 Å². The van der Waals surface area contributed by atoms with Gasteiger partial charge in [-0.15, -0.1) is 0 Å². The molecule has 2 bridgehead atoms. The molecule has 23 heavy (non-hydrogen) atoms. The molecule has 3 rings (SSSR count). The zero-order valence-electron chi connectivity index (χ0n) is 13.4. The highest BCUT2D eigenvalue weighted by Crippen LogP contribution is 2.25. The molecule has 0 radical (unpaired) electrons. The van der Waals surface area contributed by atoms with Crippen molar-refractivity contribution in [1.29, 1.82) is 0 Å². The lowest BCUT2D eigenvalue weighted by Crippen LogP contribution is -2.36. The molecule has 5 heteroatoms. The van der Waals surface area contributed by atoms with E-state index >= 15 is 0 Å². The van der Waals surface area contributed by atoms with Crippen molar-refractivity contribution in [1.82, 2.24) is 9.80 Å². The molecular formula is C18H28N2O3. The van der Waals surface area contributed by atoms with Crippen LogP contribution in [0.2, 0.25) is 0 Å². The van der Waals surface area contributed by atoms with Crippen LogP contribution in [0, 0.1) is 5.92 Å². The van der Waals surface area contributed by atoms with Crippen molar-refractivity contribution in [3.8, 4) is 11.5 Å². The summed E-state index contributed by atoms with van der Waals surface area (Å²) in [4.78, 5) is 17.3. The monoisotopic (exact) mass is 320 g/mol. The van der Waals surface area contributed by atoms with Crippen molar-refractivity contribution >= 4 is 5.91 Å². The molecule has 2 unspecified atom stereocenters. The second-order valence-electron chi connectivity index (χ2n) is 6.16. The number of fused-ring (bicyclic) bond motifs is 2. The standard InChI is InChI=1S/C17H24N2O3.CH4/c1-21-15-8-14(9-16(10-15)22-2)17(20)19-7-6-18-5-3-4-13(11-18)12-19;/h8-10,13H,3-7,11-12H2,1-2H3;1H4. The predicted molar refractivity (Wildman–Crippen MR) is 91.3 cm³/mol. The number of nitrogens with zero attached hydrogens (tertiary/aromatic N) is 2. The van der Waals surface area contributed by atoms with Gasteiger partial charge in [0.1, 0.15) is 11.5 Å². The molecule has 0 N–H and O–H groups in total. The van der Waals surface area contributed by atoms with Crippen LogP contribution in [0.5, 0.6) is 11.5 Å². The molecule has 2 aliphatic rings. The van der Waals surface area contributed by atoms with Crippen molar-refractivity contribution < 1.29 is 14.3 Å². The van der Waals surface area contributed by atoms with E-state index in [2.05, 4.69) is 4.90 Å². The van der Waals surface area contributed by atoms with Crippen LogP contribution in [0.3, 0.4) is 0 Å². The summed E-state index contributed by atoms with van der Waals surface area (Å²) in [6.07, 6.45) is 2.47. The van der Waals surface area contributed by atoms with Gasteiger partial charge in [-0.05, 0) is 37.4 Å². The van der Waals surface area contributed by atoms with Crippen LogP contribution in [-0.4, -0.2) is 62.7 Å². The van der Waals surface area contributed by atoms with Gasteiger partial charge in [0, 0.05) is 37.8 Å². The van der Waals surface area contributed by atoms with Crippen molar-refractivity contribution in [3.05, 3.63) is 23.8 Å². The Morgan fingerprint density at radius 1 is 1.04 bits per heavy atom. The summed E-state index contributed by atoms with van der Waals surface area (Å²) in [6.45, 7) is 4.93. The Morgan fingerprint density at radius 2 is 1.74 bits per heavy atom. The number of piperidine rings is 1. The minimum atomic E-state index is 0. The van der Waals surface area contributed by atoms with E-state index in [-0.39, 0.29) is 13.3 Å². The summed E-state index contributed by atoms with van der Waals surface area (Å²) in [5.41, 5.74) is 0.641. The highest BCUT2D eigenvalue weighted by atomic mass is 16.5. The first-order valence-corrected chi connectivity index (χ1v) is 7.94. The van der Waals surface area contributed by atoms with Crippen LogP contribution in [0.4, 0.5) is 0 Å². The number of carbonyl (C=O) groups is 1. The van der Waals surface area contributed by atoms with Crippen LogP contribution < -0.4 is 9.47 Å². The lowest BCUT2D eigenvalue weighted by Gasteiger charge is -2.29. The number of ether oxygens (including phenoxy) is 2. The van der Waals surface area contributed by atoms with Gasteiger partial charge in [-0.25, -0.2) is 0 Å². The molecule has 0 aliphatic carbocycles. The molecule has 2 fully saturated rings.